The zero-order valence-corrected chi connectivity index (χ0v) is 17.7. The van der Waals surface area contributed by atoms with Crippen molar-refractivity contribution < 1.29 is 46.3 Å². The summed E-state index contributed by atoms with van der Waals surface area (Å²) < 4.78 is 80.1. The number of nitrogens with zero attached hydrogens (tertiary/aromatic N) is 1. The van der Waals surface area contributed by atoms with Gasteiger partial charge in [-0.3, -0.25) is 9.78 Å². The number of anilines is 1. The predicted octanol–water partition coefficient (Wildman–Crippen LogP) is 2.13. The van der Waals surface area contributed by atoms with Crippen LogP contribution >= 0.6 is 0 Å². The van der Waals surface area contributed by atoms with Crippen molar-refractivity contribution in [3.05, 3.63) is 47.8 Å². The van der Waals surface area contributed by atoms with E-state index in [1.807, 2.05) is 0 Å². The van der Waals surface area contributed by atoms with E-state index in [0.29, 0.717) is 0 Å². The molecule has 2 aromatic rings. The molecule has 0 radical (unpaired) electrons. The second-order valence-corrected chi connectivity index (χ2v) is 7.77. The molecule has 0 saturated carbocycles. The van der Waals surface area contributed by atoms with E-state index in [1.54, 1.807) is 0 Å². The Balaban J connectivity index is 2.10. The summed E-state index contributed by atoms with van der Waals surface area (Å²) in [4.78, 5) is 16.8. The van der Waals surface area contributed by atoms with Crippen molar-refractivity contribution >= 4 is 24.2 Å². The number of pyridine rings is 1. The average Bonchev–Trinajstić information content (AvgIpc) is 3.02. The number of carbonyl (C=O) groups is 1. The van der Waals surface area contributed by atoms with Crippen LogP contribution in [0.25, 0.3) is 0 Å². The van der Waals surface area contributed by atoms with Gasteiger partial charge < -0.3 is 24.8 Å². The van der Waals surface area contributed by atoms with Gasteiger partial charge in [-0.2, -0.15) is 17.6 Å². The Morgan fingerprint density at radius 2 is 1.94 bits per heavy atom. The van der Waals surface area contributed by atoms with Gasteiger partial charge in [-0.15, -0.1) is 0 Å². The number of methoxy groups -OCH3 is 1. The second kappa shape index (κ2) is 8.88. The molecule has 1 aromatic carbocycles. The number of carbonyl (C=O) groups excluding carboxylic acids is 1. The van der Waals surface area contributed by atoms with Gasteiger partial charge in [-0.25, -0.2) is 4.39 Å². The first-order valence-electron chi connectivity index (χ1n) is 9.70. The van der Waals surface area contributed by atoms with Crippen LogP contribution in [-0.2, 0) is 9.53 Å². The van der Waals surface area contributed by atoms with E-state index in [0.717, 1.165) is 32.4 Å². The van der Waals surface area contributed by atoms with Crippen molar-refractivity contribution in [3.8, 4) is 5.75 Å². The monoisotopic (exact) mass is 474 g/mol. The molecule has 4 atom stereocenters. The number of alkyl halides is 3. The highest BCUT2D eigenvalue weighted by molar-refractivity contribution is 6.60. The number of amides is 1. The molecule has 1 fully saturated rings. The lowest BCUT2D eigenvalue weighted by molar-refractivity contribution is -0.272. The van der Waals surface area contributed by atoms with Crippen LogP contribution in [0, 0.1) is 17.6 Å². The van der Waals surface area contributed by atoms with E-state index >= 15 is 0 Å². The Bertz CT molecular complexity index is 1050. The lowest BCUT2D eigenvalue weighted by Gasteiger charge is -2.32. The van der Waals surface area contributed by atoms with Crippen LogP contribution < -0.4 is 15.5 Å². The van der Waals surface area contributed by atoms with Crippen molar-refractivity contribution in [3.63, 3.8) is 0 Å². The van der Waals surface area contributed by atoms with Gasteiger partial charge in [0.2, 0.25) is 5.82 Å². The van der Waals surface area contributed by atoms with E-state index < -0.39 is 60.1 Å². The summed E-state index contributed by atoms with van der Waals surface area (Å²) in [6.07, 6.45) is -4.46. The minimum absolute atomic E-state index is 0.127. The third-order valence-corrected chi connectivity index (χ3v) is 5.96. The first-order valence-corrected chi connectivity index (χ1v) is 9.70. The summed E-state index contributed by atoms with van der Waals surface area (Å²) >= 11 is 0. The SMILES string of the molecule is COc1c([C@H]2[C@H](C(=O)Nc3ccncc3B(O)O)O[C@@](C)(C(F)(F)F)[C@H]2C)ccc(F)c1F. The van der Waals surface area contributed by atoms with E-state index in [4.69, 9.17) is 9.47 Å². The Hall–Kier alpha value is -2.77. The zero-order valence-electron chi connectivity index (χ0n) is 17.7. The molecule has 33 heavy (non-hydrogen) atoms. The van der Waals surface area contributed by atoms with Crippen molar-refractivity contribution in [2.45, 2.75) is 37.6 Å². The highest BCUT2D eigenvalue weighted by Gasteiger charge is 2.66. The maximum atomic E-state index is 14.4. The molecule has 3 N–H and O–H groups in total. The number of ether oxygens (including phenoxy) is 2. The third-order valence-electron chi connectivity index (χ3n) is 5.96. The summed E-state index contributed by atoms with van der Waals surface area (Å²) in [6, 6.07) is 2.97. The van der Waals surface area contributed by atoms with Crippen LogP contribution in [0.5, 0.6) is 5.75 Å². The van der Waals surface area contributed by atoms with Crippen LogP contribution in [0.2, 0.25) is 0 Å². The quantitative estimate of drug-likeness (QED) is 0.454. The maximum Gasteiger partial charge on any atom is 0.492 e. The number of hydrogen-bond donors (Lipinski definition) is 3. The van der Waals surface area contributed by atoms with Gasteiger partial charge >= 0.3 is 13.3 Å². The number of benzene rings is 1. The molecule has 0 unspecified atom stereocenters. The molecule has 0 spiro atoms. The highest BCUT2D eigenvalue weighted by atomic mass is 19.4. The number of rotatable bonds is 5. The molecule has 0 aliphatic carbocycles. The molecule has 13 heteroatoms. The molecule has 1 amide bonds. The molecule has 0 bridgehead atoms. The average molecular weight is 474 g/mol. The largest absolute Gasteiger partial charge is 0.493 e. The molecule has 3 rings (SSSR count). The van der Waals surface area contributed by atoms with Gasteiger partial charge in [-0.1, -0.05) is 13.0 Å². The van der Waals surface area contributed by atoms with Gasteiger partial charge in [0.25, 0.3) is 5.91 Å². The molecule has 1 aromatic heterocycles. The van der Waals surface area contributed by atoms with Crippen LogP contribution in [0.1, 0.15) is 25.3 Å². The predicted molar refractivity (Wildman–Crippen MR) is 107 cm³/mol. The fourth-order valence-electron chi connectivity index (χ4n) is 3.97. The smallest absolute Gasteiger partial charge is 0.492 e. The molecule has 1 aliphatic heterocycles. The van der Waals surface area contributed by atoms with Gasteiger partial charge in [-0.05, 0) is 19.1 Å². The maximum absolute atomic E-state index is 14.4. The Kier molecular flexibility index (Phi) is 6.69. The second-order valence-electron chi connectivity index (χ2n) is 7.77. The van der Waals surface area contributed by atoms with Crippen molar-refractivity contribution in [2.24, 2.45) is 5.92 Å². The Labute approximate surface area is 185 Å². The molecule has 178 valence electrons. The van der Waals surface area contributed by atoms with Crippen LogP contribution in [0.15, 0.2) is 30.6 Å². The molecule has 2 heterocycles. The standard InChI is InChI=1S/C20H20BF5N2O5/c1-9-14(10-4-5-12(22)15(23)16(10)32-3)17(33-19(9,2)20(24,25)26)18(29)28-13-6-7-27-8-11(13)21(30)31/h4-9,14,17,30-31H,1-3H3,(H,27,28,29)/t9-,14-,17+,19+/m0/s1. The van der Waals surface area contributed by atoms with Crippen LogP contribution in [-0.4, -0.2) is 53.0 Å². The number of hydrogen-bond acceptors (Lipinski definition) is 6. The zero-order chi connectivity index (χ0) is 24.7. The summed E-state index contributed by atoms with van der Waals surface area (Å²) in [6.45, 7) is 1.95. The Morgan fingerprint density at radius 1 is 1.27 bits per heavy atom. The summed E-state index contributed by atoms with van der Waals surface area (Å²) in [7, 11) is -1.01. The molecule has 1 saturated heterocycles. The number of aromatic nitrogens is 1. The molecule has 1 aliphatic rings. The first-order chi connectivity index (χ1) is 15.3. The van der Waals surface area contributed by atoms with Crippen molar-refractivity contribution in [1.29, 1.82) is 0 Å². The molecule has 7 nitrogen and oxygen atoms in total. The third kappa shape index (κ3) is 4.27. The minimum atomic E-state index is -4.91. The van der Waals surface area contributed by atoms with E-state index in [1.165, 1.54) is 19.2 Å². The Morgan fingerprint density at radius 3 is 2.52 bits per heavy atom. The van der Waals surface area contributed by atoms with Gasteiger partial charge in [0.15, 0.2) is 17.2 Å². The minimum Gasteiger partial charge on any atom is -0.493 e. The highest BCUT2D eigenvalue weighted by Crippen LogP contribution is 2.54. The van der Waals surface area contributed by atoms with Crippen molar-refractivity contribution in [1.82, 2.24) is 4.98 Å². The lowest BCUT2D eigenvalue weighted by Crippen LogP contribution is -2.47. The van der Waals surface area contributed by atoms with Gasteiger partial charge in [0.1, 0.15) is 6.10 Å². The van der Waals surface area contributed by atoms with Crippen LogP contribution in [0.4, 0.5) is 27.6 Å². The van der Waals surface area contributed by atoms with Crippen molar-refractivity contribution in [2.75, 3.05) is 12.4 Å². The first kappa shape index (κ1) is 24.9. The number of nitrogens with one attached hydrogen (secondary N) is 1. The normalized spacial score (nSPS) is 25.1. The fraction of sp³-hybridized carbons (Fsp3) is 0.400. The van der Waals surface area contributed by atoms with Gasteiger partial charge in [0.05, 0.1) is 7.11 Å². The molecular formula is C20H20BF5N2O5. The van der Waals surface area contributed by atoms with Gasteiger partial charge in [0, 0.05) is 40.9 Å². The van der Waals surface area contributed by atoms with E-state index in [2.05, 4.69) is 10.3 Å². The topological polar surface area (TPSA) is 101 Å². The molecular weight excluding hydrogens is 454 g/mol. The number of halogens is 5. The summed E-state index contributed by atoms with van der Waals surface area (Å²) in [5.74, 6) is -7.23. The fourth-order valence-corrected chi connectivity index (χ4v) is 3.97. The van der Waals surface area contributed by atoms with E-state index in [-0.39, 0.29) is 16.7 Å². The summed E-state index contributed by atoms with van der Waals surface area (Å²) in [5, 5.41) is 21.2. The van der Waals surface area contributed by atoms with E-state index in [9.17, 15) is 36.8 Å². The summed E-state index contributed by atoms with van der Waals surface area (Å²) in [5.41, 5.74) is -3.34. The lowest BCUT2D eigenvalue weighted by atomic mass is 9.76. The van der Waals surface area contributed by atoms with Crippen LogP contribution in [0.3, 0.4) is 0 Å².